The largest absolute Gasteiger partial charge is 0.308 e. The molecule has 0 aliphatic carbocycles. The predicted molar refractivity (Wildman–Crippen MR) is 230 cm³/mol. The lowest BCUT2D eigenvalue weighted by atomic mass is 9.97. The minimum Gasteiger partial charge on any atom is -0.308 e. The Balaban J connectivity index is 1.19. The quantitative estimate of drug-likeness (QED) is 0.161. The molecule has 0 fully saturated rings. The first-order valence-electron chi connectivity index (χ1n) is 18.9. The summed E-state index contributed by atoms with van der Waals surface area (Å²) in [6.07, 6.45) is 0. The van der Waals surface area contributed by atoms with E-state index in [2.05, 4.69) is 109 Å². The number of hydrogen-bond donors (Lipinski definition) is 0. The van der Waals surface area contributed by atoms with Gasteiger partial charge in [0.1, 0.15) is 0 Å². The standard InChI is InChI=1S/C52H36N2O2/c1-33-14-9-11-20-40(33)38-25-28-46-44(30-38)45-31-39(41-21-12-10-15-34(41)2)26-29-47(45)53(46)48-23-13-22-43-50(48)52(56)54(51(43)55)49-32-37(35-16-5-3-6-17-35)24-27-42(49)36-18-7-4-8-19-36/h3-32H,1-2H3. The fourth-order valence-corrected chi connectivity index (χ4v) is 8.47. The highest BCUT2D eigenvalue weighted by Gasteiger charge is 2.40. The number of fused-ring (bicyclic) bond motifs is 4. The molecule has 10 rings (SSSR count). The first kappa shape index (κ1) is 33.3. The molecule has 0 atom stereocenters. The van der Waals surface area contributed by atoms with Crippen LogP contribution in [-0.4, -0.2) is 16.4 Å². The Morgan fingerprint density at radius 3 is 1.46 bits per heavy atom. The van der Waals surface area contributed by atoms with E-state index in [0.717, 1.165) is 55.2 Å². The van der Waals surface area contributed by atoms with Gasteiger partial charge in [-0.1, -0.05) is 140 Å². The summed E-state index contributed by atoms with van der Waals surface area (Å²) in [5.41, 5.74) is 14.6. The molecule has 4 heteroatoms. The van der Waals surface area contributed by atoms with Crippen molar-refractivity contribution in [2.75, 3.05) is 4.90 Å². The summed E-state index contributed by atoms with van der Waals surface area (Å²) >= 11 is 0. The van der Waals surface area contributed by atoms with Crippen molar-refractivity contribution in [3.8, 4) is 50.2 Å². The Kier molecular flexibility index (Phi) is 7.86. The van der Waals surface area contributed by atoms with Gasteiger partial charge in [-0.15, -0.1) is 0 Å². The number of aromatic nitrogens is 1. The molecule has 266 valence electrons. The van der Waals surface area contributed by atoms with Gasteiger partial charge in [0, 0.05) is 16.3 Å². The second-order valence-electron chi connectivity index (χ2n) is 14.5. The lowest BCUT2D eigenvalue weighted by molar-refractivity contribution is 0.0926. The van der Waals surface area contributed by atoms with Crippen molar-refractivity contribution in [3.63, 3.8) is 0 Å². The van der Waals surface area contributed by atoms with Gasteiger partial charge in [-0.25, -0.2) is 4.90 Å². The maximum atomic E-state index is 15.1. The van der Waals surface area contributed by atoms with E-state index in [0.29, 0.717) is 22.5 Å². The van der Waals surface area contributed by atoms with Gasteiger partial charge in [0.2, 0.25) is 0 Å². The lowest BCUT2D eigenvalue weighted by Gasteiger charge is -2.20. The highest BCUT2D eigenvalue weighted by molar-refractivity contribution is 6.36. The summed E-state index contributed by atoms with van der Waals surface area (Å²) in [6, 6.07) is 61.7. The maximum Gasteiger partial charge on any atom is 0.268 e. The van der Waals surface area contributed by atoms with Crippen LogP contribution in [0.3, 0.4) is 0 Å². The van der Waals surface area contributed by atoms with Crippen LogP contribution in [0.25, 0.3) is 72.0 Å². The van der Waals surface area contributed by atoms with Gasteiger partial charge in [0.15, 0.2) is 0 Å². The molecule has 0 unspecified atom stereocenters. The van der Waals surface area contributed by atoms with Crippen LogP contribution >= 0.6 is 0 Å². The van der Waals surface area contributed by atoms with Gasteiger partial charge in [-0.05, 0) is 106 Å². The number of hydrogen-bond acceptors (Lipinski definition) is 2. The Bertz CT molecular complexity index is 2930. The van der Waals surface area contributed by atoms with Crippen LogP contribution in [-0.2, 0) is 0 Å². The van der Waals surface area contributed by atoms with Crippen LogP contribution in [0.1, 0.15) is 31.8 Å². The fraction of sp³-hybridized carbons (Fsp3) is 0.0385. The monoisotopic (exact) mass is 720 g/mol. The zero-order chi connectivity index (χ0) is 37.9. The summed E-state index contributed by atoms with van der Waals surface area (Å²) in [4.78, 5) is 31.1. The predicted octanol–water partition coefficient (Wildman–Crippen LogP) is 12.9. The number of carbonyl (C=O) groups excluding carboxylic acids is 2. The van der Waals surface area contributed by atoms with Gasteiger partial charge in [-0.3, -0.25) is 9.59 Å². The minimum atomic E-state index is -0.342. The van der Waals surface area contributed by atoms with Gasteiger partial charge in [0.05, 0.1) is 33.5 Å². The van der Waals surface area contributed by atoms with E-state index in [1.165, 1.54) is 27.2 Å². The van der Waals surface area contributed by atoms with Crippen LogP contribution in [0.2, 0.25) is 0 Å². The number of nitrogens with zero attached hydrogens (tertiary/aromatic N) is 2. The molecule has 0 N–H and O–H groups in total. The van der Waals surface area contributed by atoms with Gasteiger partial charge in [0.25, 0.3) is 11.8 Å². The van der Waals surface area contributed by atoms with Crippen LogP contribution < -0.4 is 4.90 Å². The summed E-state index contributed by atoms with van der Waals surface area (Å²) in [6.45, 7) is 4.28. The summed E-state index contributed by atoms with van der Waals surface area (Å²) in [5, 5.41) is 2.15. The van der Waals surface area contributed by atoms with E-state index >= 15 is 4.79 Å². The third-order valence-electron chi connectivity index (χ3n) is 11.2. The van der Waals surface area contributed by atoms with Crippen LogP contribution in [0.5, 0.6) is 0 Å². The van der Waals surface area contributed by atoms with Gasteiger partial charge in [-0.2, -0.15) is 0 Å². The highest BCUT2D eigenvalue weighted by atomic mass is 16.2. The molecule has 0 radical (unpaired) electrons. The highest BCUT2D eigenvalue weighted by Crippen LogP contribution is 2.43. The lowest BCUT2D eigenvalue weighted by Crippen LogP contribution is -2.30. The van der Waals surface area contributed by atoms with Gasteiger partial charge < -0.3 is 4.57 Å². The van der Waals surface area contributed by atoms with Gasteiger partial charge >= 0.3 is 0 Å². The summed E-state index contributed by atoms with van der Waals surface area (Å²) in [5.74, 6) is -0.676. The van der Waals surface area contributed by atoms with E-state index in [4.69, 9.17) is 0 Å². The Morgan fingerprint density at radius 1 is 0.357 bits per heavy atom. The van der Waals surface area contributed by atoms with Crippen LogP contribution in [0.4, 0.5) is 5.69 Å². The fourth-order valence-electron chi connectivity index (χ4n) is 8.47. The minimum absolute atomic E-state index is 0.335. The first-order chi connectivity index (χ1) is 27.5. The van der Waals surface area contributed by atoms with Crippen molar-refractivity contribution in [2.45, 2.75) is 13.8 Å². The Labute approximate surface area is 325 Å². The van der Waals surface area contributed by atoms with Crippen LogP contribution in [0, 0.1) is 13.8 Å². The van der Waals surface area contributed by atoms with Crippen molar-refractivity contribution < 1.29 is 9.59 Å². The van der Waals surface area contributed by atoms with E-state index in [1.54, 1.807) is 6.07 Å². The smallest absolute Gasteiger partial charge is 0.268 e. The molecule has 2 amide bonds. The van der Waals surface area contributed by atoms with Crippen molar-refractivity contribution in [3.05, 3.63) is 204 Å². The molecule has 1 aromatic heterocycles. The maximum absolute atomic E-state index is 15.1. The number of imide groups is 1. The second kappa shape index (κ2) is 13.2. The Hall–Kier alpha value is -7.30. The van der Waals surface area contributed by atoms with E-state index in [-0.39, 0.29) is 11.8 Å². The topological polar surface area (TPSA) is 42.3 Å². The van der Waals surface area contributed by atoms with Crippen LogP contribution in [0.15, 0.2) is 182 Å². The zero-order valence-electron chi connectivity index (χ0n) is 31.0. The molecule has 2 heterocycles. The van der Waals surface area contributed by atoms with Crippen molar-refractivity contribution in [1.29, 1.82) is 0 Å². The molecule has 4 nitrogen and oxygen atoms in total. The molecule has 0 saturated heterocycles. The SMILES string of the molecule is Cc1ccccc1-c1ccc2c(c1)c1cc(-c3ccccc3C)ccc1n2-c1cccc2c1C(=O)N(c1cc(-c3ccccc3)ccc1-c1ccccc1)C2=O. The number of rotatable bonds is 6. The molecular formula is C52H36N2O2. The van der Waals surface area contributed by atoms with Crippen molar-refractivity contribution >= 4 is 39.3 Å². The number of aryl methyl sites for hydroxylation is 2. The average Bonchev–Trinajstić information content (AvgIpc) is 3.70. The van der Waals surface area contributed by atoms with E-state index < -0.39 is 0 Å². The molecule has 9 aromatic rings. The van der Waals surface area contributed by atoms with Crippen molar-refractivity contribution in [1.82, 2.24) is 4.57 Å². The second-order valence-corrected chi connectivity index (χ2v) is 14.5. The van der Waals surface area contributed by atoms with E-state index in [1.807, 2.05) is 84.9 Å². The molecule has 8 aromatic carbocycles. The number of carbonyl (C=O) groups is 2. The number of anilines is 1. The zero-order valence-corrected chi connectivity index (χ0v) is 31.0. The van der Waals surface area contributed by atoms with Crippen molar-refractivity contribution in [2.24, 2.45) is 0 Å². The Morgan fingerprint density at radius 2 is 0.875 bits per heavy atom. The molecule has 0 spiro atoms. The third kappa shape index (κ3) is 5.30. The third-order valence-corrected chi connectivity index (χ3v) is 11.2. The normalized spacial score (nSPS) is 12.5. The molecule has 0 bridgehead atoms. The molecule has 1 aliphatic rings. The molecular weight excluding hydrogens is 685 g/mol. The summed E-state index contributed by atoms with van der Waals surface area (Å²) in [7, 11) is 0. The molecule has 0 saturated carbocycles. The number of amides is 2. The summed E-state index contributed by atoms with van der Waals surface area (Å²) < 4.78 is 2.17. The first-order valence-corrected chi connectivity index (χ1v) is 18.9. The van der Waals surface area contributed by atoms with E-state index in [9.17, 15) is 4.79 Å². The average molecular weight is 721 g/mol. The number of benzene rings is 8. The molecule has 56 heavy (non-hydrogen) atoms. The molecule has 1 aliphatic heterocycles.